The van der Waals surface area contributed by atoms with Crippen molar-refractivity contribution in [3.63, 3.8) is 0 Å². The maximum absolute atomic E-state index is 5.23. The van der Waals surface area contributed by atoms with E-state index < -0.39 is 0 Å². The minimum absolute atomic E-state index is 0.505. The van der Waals surface area contributed by atoms with Crippen LogP contribution in [-0.4, -0.2) is 41.6 Å². The number of H-pyrrole nitrogens is 1. The van der Waals surface area contributed by atoms with E-state index in [1.54, 1.807) is 7.11 Å². The predicted molar refractivity (Wildman–Crippen MR) is 79.3 cm³/mol. The molecule has 1 aromatic heterocycles. The smallest absolute Gasteiger partial charge is 0.144 e. The average Bonchev–Trinajstić information content (AvgIpc) is 2.36. The maximum atomic E-state index is 5.23. The second kappa shape index (κ2) is 7.99. The molecule has 0 aliphatic rings. The third-order valence-corrected chi connectivity index (χ3v) is 4.24. The number of nitrogens with zero attached hydrogens (tertiary/aromatic N) is 2. The molecule has 4 nitrogen and oxygen atoms in total. The number of halogens is 1. The van der Waals surface area contributed by atoms with Crippen molar-refractivity contribution in [2.75, 3.05) is 26.7 Å². The normalized spacial score (nSPS) is 11.2. The molecule has 0 amide bonds. The minimum atomic E-state index is 0.505. The first-order valence-corrected chi connectivity index (χ1v) is 7.31. The first kappa shape index (κ1) is 15.8. The van der Waals surface area contributed by atoms with Crippen LogP contribution in [0.25, 0.3) is 0 Å². The van der Waals surface area contributed by atoms with E-state index in [1.807, 2.05) is 0 Å². The van der Waals surface area contributed by atoms with Gasteiger partial charge in [-0.1, -0.05) is 26.1 Å². The van der Waals surface area contributed by atoms with E-state index in [0.29, 0.717) is 11.2 Å². The lowest BCUT2D eigenvalue weighted by Crippen LogP contribution is -2.26. The molecule has 0 radical (unpaired) electrons. The van der Waals surface area contributed by atoms with Crippen molar-refractivity contribution < 1.29 is 4.74 Å². The topological polar surface area (TPSA) is 41.2 Å². The molecule has 0 aliphatic carbocycles. The minimum Gasteiger partial charge on any atom is -0.378 e. The van der Waals surface area contributed by atoms with Crippen molar-refractivity contribution in [1.82, 2.24) is 14.9 Å². The summed E-state index contributed by atoms with van der Waals surface area (Å²) in [4.78, 5) is 10.0. The average molecular weight is 334 g/mol. The van der Waals surface area contributed by atoms with E-state index in [-0.39, 0.29) is 0 Å². The van der Waals surface area contributed by atoms with Crippen molar-refractivity contribution in [1.29, 1.82) is 0 Å². The summed E-state index contributed by atoms with van der Waals surface area (Å²) in [6.45, 7) is 7.93. The van der Waals surface area contributed by atoms with E-state index in [1.165, 1.54) is 0 Å². The highest BCUT2D eigenvalue weighted by Crippen LogP contribution is 2.16. The Morgan fingerprint density at radius 1 is 1.39 bits per heavy atom. The molecule has 0 saturated heterocycles. The third kappa shape index (κ3) is 4.42. The Balaban J connectivity index is 2.80. The highest BCUT2D eigenvalue weighted by Gasteiger charge is 2.07. The Hall–Kier alpha value is -0.300. The Kier molecular flexibility index (Phi) is 6.99. The van der Waals surface area contributed by atoms with Crippen LogP contribution in [0.1, 0.15) is 25.4 Å². The standard InChI is InChI=1S/C12H20BrN3OS/c1-4-16(5-2)7-6-10-14-9(8-17-3)11(13)12(18)15-10/h4-8H2,1-3H3,(H,14,15,18). The van der Waals surface area contributed by atoms with Crippen molar-refractivity contribution in [2.24, 2.45) is 0 Å². The Bertz CT molecular complexity index is 432. The maximum Gasteiger partial charge on any atom is 0.144 e. The van der Waals surface area contributed by atoms with Gasteiger partial charge in [0.05, 0.1) is 16.8 Å². The van der Waals surface area contributed by atoms with Gasteiger partial charge in [-0.05, 0) is 29.0 Å². The van der Waals surface area contributed by atoms with Gasteiger partial charge in [0.1, 0.15) is 10.5 Å². The van der Waals surface area contributed by atoms with Crippen LogP contribution < -0.4 is 0 Å². The summed E-state index contributed by atoms with van der Waals surface area (Å²) >= 11 is 8.67. The molecule has 1 heterocycles. The van der Waals surface area contributed by atoms with Crippen LogP contribution in [0.3, 0.4) is 0 Å². The van der Waals surface area contributed by atoms with E-state index in [2.05, 4.69) is 44.6 Å². The molecular formula is C12H20BrN3OS. The Morgan fingerprint density at radius 3 is 2.61 bits per heavy atom. The van der Waals surface area contributed by atoms with E-state index in [0.717, 1.165) is 42.0 Å². The van der Waals surface area contributed by atoms with E-state index in [4.69, 9.17) is 17.0 Å². The molecule has 1 aromatic rings. The van der Waals surface area contributed by atoms with Crippen LogP contribution in [-0.2, 0) is 17.8 Å². The van der Waals surface area contributed by atoms with Crippen LogP contribution in [0.2, 0.25) is 0 Å². The lowest BCUT2D eigenvalue weighted by Gasteiger charge is -2.17. The number of nitrogens with one attached hydrogen (secondary N) is 1. The van der Waals surface area contributed by atoms with Crippen molar-refractivity contribution in [3.05, 3.63) is 20.6 Å². The molecule has 0 spiro atoms. The first-order valence-electron chi connectivity index (χ1n) is 6.11. The predicted octanol–water partition coefficient (Wildman–Crippen LogP) is 2.93. The monoisotopic (exact) mass is 333 g/mol. The lowest BCUT2D eigenvalue weighted by atomic mass is 10.3. The second-order valence-electron chi connectivity index (χ2n) is 3.99. The zero-order chi connectivity index (χ0) is 13.5. The van der Waals surface area contributed by atoms with Crippen molar-refractivity contribution in [2.45, 2.75) is 26.9 Å². The highest BCUT2D eigenvalue weighted by atomic mass is 79.9. The number of ether oxygens (including phenoxy) is 1. The zero-order valence-electron chi connectivity index (χ0n) is 11.1. The number of rotatable bonds is 7. The van der Waals surface area contributed by atoms with Gasteiger partial charge in [-0.15, -0.1) is 0 Å². The quantitative estimate of drug-likeness (QED) is 0.779. The van der Waals surface area contributed by atoms with Gasteiger partial charge >= 0.3 is 0 Å². The first-order chi connectivity index (χ1) is 8.62. The number of hydrogen-bond acceptors (Lipinski definition) is 4. The number of aromatic nitrogens is 2. The molecule has 0 bridgehead atoms. The number of likely N-dealkylation sites (N-methyl/N-ethyl adjacent to an activating group) is 1. The fourth-order valence-corrected chi connectivity index (χ4v) is 2.26. The van der Waals surface area contributed by atoms with Gasteiger partial charge in [-0.3, -0.25) is 0 Å². The molecule has 0 atom stereocenters. The largest absolute Gasteiger partial charge is 0.378 e. The summed E-state index contributed by atoms with van der Waals surface area (Å²) in [6, 6.07) is 0. The summed E-state index contributed by atoms with van der Waals surface area (Å²) in [6.07, 6.45) is 0.870. The summed E-state index contributed by atoms with van der Waals surface area (Å²) < 4.78 is 6.56. The SMILES string of the molecule is CCN(CC)CCc1nc(=S)c(Br)c(COC)[nH]1. The van der Waals surface area contributed by atoms with Crippen LogP contribution in [0, 0.1) is 4.64 Å². The van der Waals surface area contributed by atoms with Crippen molar-refractivity contribution in [3.8, 4) is 0 Å². The molecule has 18 heavy (non-hydrogen) atoms. The second-order valence-corrected chi connectivity index (χ2v) is 5.17. The molecular weight excluding hydrogens is 314 g/mol. The lowest BCUT2D eigenvalue weighted by molar-refractivity contribution is 0.180. The molecule has 6 heteroatoms. The Labute approximate surface area is 122 Å². The van der Waals surface area contributed by atoms with Gasteiger partial charge < -0.3 is 14.6 Å². The van der Waals surface area contributed by atoms with Crippen molar-refractivity contribution >= 4 is 28.1 Å². The number of methoxy groups -OCH3 is 1. The molecule has 1 N–H and O–H groups in total. The molecule has 0 aromatic carbocycles. The Morgan fingerprint density at radius 2 is 2.06 bits per heavy atom. The molecule has 0 saturated carbocycles. The number of hydrogen-bond donors (Lipinski definition) is 1. The van der Waals surface area contributed by atoms with Gasteiger partial charge in [-0.25, -0.2) is 4.98 Å². The van der Waals surface area contributed by atoms with E-state index >= 15 is 0 Å². The van der Waals surface area contributed by atoms with Gasteiger partial charge in [0.25, 0.3) is 0 Å². The summed E-state index contributed by atoms with van der Waals surface area (Å²) in [5.41, 5.74) is 0.951. The molecule has 0 unspecified atom stereocenters. The molecule has 1 rings (SSSR count). The number of aromatic amines is 1. The van der Waals surface area contributed by atoms with Crippen LogP contribution in [0.4, 0.5) is 0 Å². The highest BCUT2D eigenvalue weighted by molar-refractivity contribution is 9.10. The van der Waals surface area contributed by atoms with Crippen LogP contribution >= 0.6 is 28.1 Å². The van der Waals surface area contributed by atoms with E-state index in [9.17, 15) is 0 Å². The molecule has 0 fully saturated rings. The molecule has 0 aliphatic heterocycles. The fourth-order valence-electron chi connectivity index (χ4n) is 1.72. The van der Waals surface area contributed by atoms with Gasteiger partial charge in [0.15, 0.2) is 0 Å². The zero-order valence-corrected chi connectivity index (χ0v) is 13.5. The van der Waals surface area contributed by atoms with Crippen LogP contribution in [0.5, 0.6) is 0 Å². The fraction of sp³-hybridized carbons (Fsp3) is 0.667. The van der Waals surface area contributed by atoms with Gasteiger partial charge in [0.2, 0.25) is 0 Å². The van der Waals surface area contributed by atoms with Gasteiger partial charge in [0, 0.05) is 20.1 Å². The summed E-state index contributed by atoms with van der Waals surface area (Å²) in [7, 11) is 1.67. The van der Waals surface area contributed by atoms with Gasteiger partial charge in [-0.2, -0.15) is 0 Å². The third-order valence-electron chi connectivity index (χ3n) is 2.83. The molecule has 102 valence electrons. The van der Waals surface area contributed by atoms with Crippen LogP contribution in [0.15, 0.2) is 4.47 Å². The summed E-state index contributed by atoms with van der Waals surface area (Å²) in [5.74, 6) is 0.919. The summed E-state index contributed by atoms with van der Waals surface area (Å²) in [5, 5.41) is 0.